The van der Waals surface area contributed by atoms with Crippen LogP contribution in [0, 0.1) is 0 Å². The molecule has 0 unspecified atom stereocenters. The van der Waals surface area contributed by atoms with Crippen LogP contribution in [-0.4, -0.2) is 41.8 Å². The molecule has 1 aromatic heterocycles. The average molecular weight is 387 g/mol. The minimum atomic E-state index is -0.532. The molecule has 150 valence electrons. The summed E-state index contributed by atoms with van der Waals surface area (Å²) in [5.41, 5.74) is 0.440. The summed E-state index contributed by atoms with van der Waals surface area (Å²) in [5.74, 6) is 0.794. The van der Waals surface area contributed by atoms with E-state index in [0.29, 0.717) is 18.7 Å². The predicted octanol–water partition coefficient (Wildman–Crippen LogP) is 3.14. The van der Waals surface area contributed by atoms with Gasteiger partial charge in [0.05, 0.1) is 7.11 Å². The van der Waals surface area contributed by atoms with E-state index in [2.05, 4.69) is 15.6 Å². The number of ether oxygens (including phenoxy) is 2. The largest absolute Gasteiger partial charge is 0.497 e. The summed E-state index contributed by atoms with van der Waals surface area (Å²) in [6.07, 6.45) is 2.19. The van der Waals surface area contributed by atoms with Crippen LogP contribution in [0.2, 0.25) is 0 Å². The van der Waals surface area contributed by atoms with Gasteiger partial charge < -0.3 is 24.5 Å². The fourth-order valence-corrected chi connectivity index (χ4v) is 2.83. The number of hydrogen-bond acceptors (Lipinski definition) is 6. The van der Waals surface area contributed by atoms with Crippen molar-refractivity contribution in [3.05, 3.63) is 36.2 Å². The Morgan fingerprint density at radius 3 is 2.36 bits per heavy atom. The Morgan fingerprint density at radius 2 is 1.75 bits per heavy atom. The number of carbonyl (C=O) groups excluding carboxylic acids is 2. The van der Waals surface area contributed by atoms with E-state index in [9.17, 15) is 9.59 Å². The number of nitrogens with one attached hydrogen (secondary N) is 2. The second-order valence-electron chi connectivity index (χ2n) is 7.75. The molecule has 0 atom stereocenters. The molecule has 8 heteroatoms. The number of rotatable bonds is 5. The lowest BCUT2D eigenvalue weighted by Crippen LogP contribution is -2.54. The minimum absolute atomic E-state index is 0.00711. The van der Waals surface area contributed by atoms with Crippen LogP contribution in [0.4, 0.5) is 4.79 Å². The van der Waals surface area contributed by atoms with Crippen LogP contribution in [0.1, 0.15) is 44.1 Å². The van der Waals surface area contributed by atoms with Crippen molar-refractivity contribution >= 4 is 12.0 Å². The van der Waals surface area contributed by atoms with E-state index in [1.54, 1.807) is 19.2 Å². The fourth-order valence-electron chi connectivity index (χ4n) is 2.83. The quantitative estimate of drug-likeness (QED) is 0.817. The van der Waals surface area contributed by atoms with Crippen LogP contribution < -0.4 is 15.4 Å². The standard InChI is InChI=1S/C20H25N3O5/c1-20(2,3)28-19(25)22-14-9-13(10-14)21-17(24)16-11-27-18(23-16)12-5-7-15(26-4)8-6-12/h5-8,11,13-14H,9-10H2,1-4H3,(H,21,24)(H,22,25). The number of methoxy groups -OCH3 is 1. The van der Waals surface area contributed by atoms with Crippen molar-refractivity contribution in [1.29, 1.82) is 0 Å². The van der Waals surface area contributed by atoms with Gasteiger partial charge in [-0.15, -0.1) is 0 Å². The normalized spacial score (nSPS) is 18.7. The van der Waals surface area contributed by atoms with E-state index in [0.717, 1.165) is 11.3 Å². The second-order valence-corrected chi connectivity index (χ2v) is 7.75. The summed E-state index contributed by atoms with van der Waals surface area (Å²) < 4.78 is 15.8. The highest BCUT2D eigenvalue weighted by Gasteiger charge is 2.33. The van der Waals surface area contributed by atoms with Gasteiger partial charge in [-0.25, -0.2) is 9.78 Å². The number of hydrogen-bond donors (Lipinski definition) is 2. The molecule has 0 radical (unpaired) electrons. The van der Waals surface area contributed by atoms with Gasteiger partial charge in [0, 0.05) is 17.6 Å². The Hall–Kier alpha value is -3.03. The van der Waals surface area contributed by atoms with Gasteiger partial charge in [-0.3, -0.25) is 4.79 Å². The monoisotopic (exact) mass is 387 g/mol. The minimum Gasteiger partial charge on any atom is -0.497 e. The number of benzene rings is 1. The van der Waals surface area contributed by atoms with E-state index < -0.39 is 11.7 Å². The third-order valence-corrected chi connectivity index (χ3v) is 4.27. The first-order valence-corrected chi connectivity index (χ1v) is 9.14. The SMILES string of the molecule is COc1ccc(-c2nc(C(=O)NC3CC(NC(=O)OC(C)(C)C)C3)co2)cc1. The Labute approximate surface area is 163 Å². The first-order valence-electron chi connectivity index (χ1n) is 9.14. The highest BCUT2D eigenvalue weighted by molar-refractivity contribution is 5.92. The zero-order chi connectivity index (χ0) is 20.3. The van der Waals surface area contributed by atoms with Crippen molar-refractivity contribution in [3.8, 4) is 17.2 Å². The second kappa shape index (κ2) is 7.92. The van der Waals surface area contributed by atoms with Crippen molar-refractivity contribution in [2.45, 2.75) is 51.3 Å². The molecule has 8 nitrogen and oxygen atoms in total. The van der Waals surface area contributed by atoms with Crippen LogP contribution in [0.5, 0.6) is 5.75 Å². The summed E-state index contributed by atoms with van der Waals surface area (Å²) in [5, 5.41) is 5.69. The number of oxazole rings is 1. The Morgan fingerprint density at radius 1 is 1.11 bits per heavy atom. The van der Waals surface area contributed by atoms with E-state index in [4.69, 9.17) is 13.9 Å². The summed E-state index contributed by atoms with van der Waals surface area (Å²) in [7, 11) is 1.59. The molecule has 0 spiro atoms. The van der Waals surface area contributed by atoms with Gasteiger partial charge in [-0.05, 0) is 57.9 Å². The molecule has 1 aliphatic rings. The molecule has 2 amide bonds. The predicted molar refractivity (Wildman–Crippen MR) is 102 cm³/mol. The van der Waals surface area contributed by atoms with Gasteiger partial charge in [0.1, 0.15) is 17.6 Å². The summed E-state index contributed by atoms with van der Waals surface area (Å²) >= 11 is 0. The number of carbonyl (C=O) groups is 2. The number of nitrogens with zero attached hydrogens (tertiary/aromatic N) is 1. The molecule has 1 aliphatic carbocycles. The van der Waals surface area contributed by atoms with Gasteiger partial charge >= 0.3 is 6.09 Å². The lowest BCUT2D eigenvalue weighted by atomic mass is 9.87. The van der Waals surface area contributed by atoms with Crippen LogP contribution >= 0.6 is 0 Å². The Balaban J connectivity index is 1.47. The highest BCUT2D eigenvalue weighted by Crippen LogP contribution is 2.23. The maximum Gasteiger partial charge on any atom is 0.407 e. The maximum atomic E-state index is 12.3. The highest BCUT2D eigenvalue weighted by atomic mass is 16.6. The topological polar surface area (TPSA) is 103 Å². The average Bonchev–Trinajstić information content (AvgIpc) is 3.08. The molecule has 1 aromatic carbocycles. The van der Waals surface area contributed by atoms with Gasteiger partial charge in [0.25, 0.3) is 5.91 Å². The summed E-state index contributed by atoms with van der Waals surface area (Å²) in [4.78, 5) is 28.3. The molecular formula is C20H25N3O5. The third-order valence-electron chi connectivity index (χ3n) is 4.27. The molecule has 0 bridgehead atoms. The summed E-state index contributed by atoms with van der Waals surface area (Å²) in [6.45, 7) is 5.44. The molecule has 1 fully saturated rings. The number of alkyl carbamates (subject to hydrolysis) is 1. The van der Waals surface area contributed by atoms with Crippen molar-refractivity contribution in [2.75, 3.05) is 7.11 Å². The van der Waals surface area contributed by atoms with Crippen molar-refractivity contribution < 1.29 is 23.5 Å². The molecule has 28 heavy (non-hydrogen) atoms. The molecule has 0 saturated heterocycles. The Kier molecular flexibility index (Phi) is 5.58. The Bertz CT molecular complexity index is 832. The fraction of sp³-hybridized carbons (Fsp3) is 0.450. The zero-order valence-electron chi connectivity index (χ0n) is 16.4. The van der Waals surface area contributed by atoms with E-state index in [1.807, 2.05) is 32.9 Å². The van der Waals surface area contributed by atoms with Crippen molar-refractivity contribution in [2.24, 2.45) is 0 Å². The molecule has 0 aliphatic heterocycles. The smallest absolute Gasteiger partial charge is 0.407 e. The van der Waals surface area contributed by atoms with Crippen molar-refractivity contribution in [1.82, 2.24) is 15.6 Å². The van der Waals surface area contributed by atoms with Gasteiger partial charge in [0.15, 0.2) is 5.69 Å². The van der Waals surface area contributed by atoms with E-state index in [-0.39, 0.29) is 23.7 Å². The van der Waals surface area contributed by atoms with E-state index >= 15 is 0 Å². The lowest BCUT2D eigenvalue weighted by Gasteiger charge is -2.36. The van der Waals surface area contributed by atoms with Crippen LogP contribution in [0.15, 0.2) is 34.9 Å². The molecule has 2 N–H and O–H groups in total. The first-order chi connectivity index (χ1) is 13.2. The van der Waals surface area contributed by atoms with Crippen molar-refractivity contribution in [3.63, 3.8) is 0 Å². The van der Waals surface area contributed by atoms with E-state index in [1.165, 1.54) is 6.26 Å². The molecule has 1 heterocycles. The molecule has 1 saturated carbocycles. The maximum absolute atomic E-state index is 12.3. The molecule has 3 rings (SSSR count). The summed E-state index contributed by atoms with van der Waals surface area (Å²) in [6, 6.07) is 7.19. The lowest BCUT2D eigenvalue weighted by molar-refractivity contribution is 0.0465. The molecule has 2 aromatic rings. The van der Waals surface area contributed by atoms with Crippen LogP contribution in [0.25, 0.3) is 11.5 Å². The zero-order valence-corrected chi connectivity index (χ0v) is 16.4. The first kappa shape index (κ1) is 19.7. The van der Waals surface area contributed by atoms with Gasteiger partial charge in [0.2, 0.25) is 5.89 Å². The third kappa shape index (κ3) is 5.03. The number of amides is 2. The molecular weight excluding hydrogens is 362 g/mol. The van der Waals surface area contributed by atoms with Crippen LogP contribution in [-0.2, 0) is 4.74 Å². The number of aromatic nitrogens is 1. The van der Waals surface area contributed by atoms with Gasteiger partial charge in [-0.1, -0.05) is 0 Å². The van der Waals surface area contributed by atoms with Gasteiger partial charge in [-0.2, -0.15) is 0 Å². The van der Waals surface area contributed by atoms with Crippen LogP contribution in [0.3, 0.4) is 0 Å².